The summed E-state index contributed by atoms with van der Waals surface area (Å²) < 4.78 is 10.4. The normalized spacial score (nSPS) is 14.8. The van der Waals surface area contributed by atoms with E-state index in [9.17, 15) is 0 Å². The molecule has 1 aliphatic carbocycles. The smallest absolute Gasteiger partial charge is 0.185 e. The fraction of sp³-hybridized carbons (Fsp3) is 0.786. The molecule has 0 aromatic carbocycles. The van der Waals surface area contributed by atoms with E-state index in [1.165, 1.54) is 23.4 Å². The zero-order valence-corrected chi connectivity index (χ0v) is 13.5. The average Bonchev–Trinajstić information content (AvgIpc) is 3.21. The van der Waals surface area contributed by atoms with Crippen LogP contribution >= 0.6 is 11.3 Å². The van der Waals surface area contributed by atoms with Crippen LogP contribution in [-0.4, -0.2) is 52.6 Å². The molecule has 0 amide bonds. The summed E-state index contributed by atoms with van der Waals surface area (Å²) in [6, 6.07) is 0. The number of rotatable bonds is 10. The SMILES string of the molecule is CNCc1sc(N(CCOC)CCOC)nc1C1CC1. The Morgan fingerprint density at radius 2 is 1.90 bits per heavy atom. The molecule has 6 heteroatoms. The van der Waals surface area contributed by atoms with Crippen molar-refractivity contribution in [2.75, 3.05) is 52.5 Å². The predicted molar refractivity (Wildman–Crippen MR) is 82.8 cm³/mol. The van der Waals surface area contributed by atoms with Gasteiger partial charge in [0.15, 0.2) is 5.13 Å². The molecule has 0 spiro atoms. The molecule has 0 bridgehead atoms. The Hall–Kier alpha value is -0.690. The van der Waals surface area contributed by atoms with E-state index >= 15 is 0 Å². The first-order valence-corrected chi connectivity index (χ1v) is 7.98. The molecular weight excluding hydrogens is 274 g/mol. The molecule has 114 valence electrons. The monoisotopic (exact) mass is 299 g/mol. The van der Waals surface area contributed by atoms with Gasteiger partial charge in [0.2, 0.25) is 0 Å². The van der Waals surface area contributed by atoms with Crippen molar-refractivity contribution in [2.45, 2.75) is 25.3 Å². The highest BCUT2D eigenvalue weighted by Gasteiger charge is 2.30. The zero-order chi connectivity index (χ0) is 14.4. The van der Waals surface area contributed by atoms with Gasteiger partial charge in [0.25, 0.3) is 0 Å². The molecule has 5 nitrogen and oxygen atoms in total. The van der Waals surface area contributed by atoms with E-state index in [4.69, 9.17) is 14.5 Å². The molecule has 0 radical (unpaired) electrons. The van der Waals surface area contributed by atoms with Gasteiger partial charge in [-0.15, -0.1) is 11.3 Å². The van der Waals surface area contributed by atoms with Gasteiger partial charge < -0.3 is 19.7 Å². The van der Waals surface area contributed by atoms with Gasteiger partial charge in [-0.25, -0.2) is 4.98 Å². The van der Waals surface area contributed by atoms with Gasteiger partial charge >= 0.3 is 0 Å². The number of ether oxygens (including phenoxy) is 2. The van der Waals surface area contributed by atoms with Crippen molar-refractivity contribution >= 4 is 16.5 Å². The van der Waals surface area contributed by atoms with Crippen LogP contribution in [0.4, 0.5) is 5.13 Å². The second-order valence-electron chi connectivity index (χ2n) is 5.08. The number of aromatic nitrogens is 1. The maximum atomic E-state index is 5.20. The summed E-state index contributed by atoms with van der Waals surface area (Å²) in [6.07, 6.45) is 2.58. The van der Waals surface area contributed by atoms with Crippen molar-refractivity contribution < 1.29 is 9.47 Å². The lowest BCUT2D eigenvalue weighted by molar-refractivity contribution is 0.190. The molecule has 20 heavy (non-hydrogen) atoms. The lowest BCUT2D eigenvalue weighted by Crippen LogP contribution is -2.30. The highest BCUT2D eigenvalue weighted by molar-refractivity contribution is 7.15. The number of nitrogens with one attached hydrogen (secondary N) is 1. The Morgan fingerprint density at radius 1 is 1.25 bits per heavy atom. The highest BCUT2D eigenvalue weighted by atomic mass is 32.1. The molecule has 1 N–H and O–H groups in total. The quantitative estimate of drug-likeness (QED) is 0.714. The van der Waals surface area contributed by atoms with Crippen molar-refractivity contribution in [3.8, 4) is 0 Å². The first-order chi connectivity index (χ1) is 9.80. The van der Waals surface area contributed by atoms with Crippen LogP contribution in [0.1, 0.15) is 29.3 Å². The lowest BCUT2D eigenvalue weighted by Gasteiger charge is -2.20. The van der Waals surface area contributed by atoms with E-state index in [1.807, 2.05) is 7.05 Å². The molecule has 1 saturated carbocycles. The number of hydrogen-bond acceptors (Lipinski definition) is 6. The summed E-state index contributed by atoms with van der Waals surface area (Å²) >= 11 is 1.80. The molecular formula is C14H25N3O2S. The molecule has 1 aromatic heterocycles. The fourth-order valence-corrected chi connectivity index (χ4v) is 3.36. The predicted octanol–water partition coefficient (Wildman–Crippen LogP) is 1.84. The summed E-state index contributed by atoms with van der Waals surface area (Å²) in [5.41, 5.74) is 1.30. The first-order valence-electron chi connectivity index (χ1n) is 7.17. The van der Waals surface area contributed by atoms with Crippen molar-refractivity contribution in [2.24, 2.45) is 0 Å². The van der Waals surface area contributed by atoms with E-state index < -0.39 is 0 Å². The first kappa shape index (κ1) is 15.7. The second-order valence-corrected chi connectivity index (χ2v) is 6.14. The van der Waals surface area contributed by atoms with Crippen molar-refractivity contribution in [1.29, 1.82) is 0 Å². The minimum Gasteiger partial charge on any atom is -0.383 e. The van der Waals surface area contributed by atoms with Crippen LogP contribution in [0.15, 0.2) is 0 Å². The molecule has 0 unspecified atom stereocenters. The van der Waals surface area contributed by atoms with Crippen molar-refractivity contribution in [3.63, 3.8) is 0 Å². The van der Waals surface area contributed by atoms with Crippen LogP contribution < -0.4 is 10.2 Å². The third-order valence-electron chi connectivity index (χ3n) is 3.42. The van der Waals surface area contributed by atoms with Crippen LogP contribution in [0.5, 0.6) is 0 Å². The molecule has 2 rings (SSSR count). The van der Waals surface area contributed by atoms with Crippen LogP contribution in [0, 0.1) is 0 Å². The fourth-order valence-electron chi connectivity index (χ4n) is 2.15. The van der Waals surface area contributed by atoms with Crippen LogP contribution in [0.3, 0.4) is 0 Å². The summed E-state index contributed by atoms with van der Waals surface area (Å²) in [4.78, 5) is 8.54. The largest absolute Gasteiger partial charge is 0.383 e. The van der Waals surface area contributed by atoms with E-state index in [-0.39, 0.29) is 0 Å². The third-order valence-corrected chi connectivity index (χ3v) is 4.55. The van der Waals surface area contributed by atoms with Crippen LogP contribution in [0.2, 0.25) is 0 Å². The molecule has 0 aliphatic heterocycles. The number of hydrogen-bond donors (Lipinski definition) is 1. The van der Waals surface area contributed by atoms with Gasteiger partial charge in [0.05, 0.1) is 18.9 Å². The lowest BCUT2D eigenvalue weighted by atomic mass is 10.2. The standard InChI is InChI=1S/C14H25N3O2S/c1-15-10-12-13(11-4-5-11)16-14(20-12)17(6-8-18-2)7-9-19-3/h11,15H,4-10H2,1-3H3. The number of anilines is 1. The molecule has 1 heterocycles. The van der Waals surface area contributed by atoms with E-state index in [0.717, 1.165) is 24.8 Å². The Morgan fingerprint density at radius 3 is 2.40 bits per heavy atom. The number of methoxy groups -OCH3 is 2. The highest BCUT2D eigenvalue weighted by Crippen LogP contribution is 2.44. The van der Waals surface area contributed by atoms with Gasteiger partial charge in [-0.2, -0.15) is 0 Å². The maximum Gasteiger partial charge on any atom is 0.185 e. The summed E-state index contributed by atoms with van der Waals surface area (Å²) in [5.74, 6) is 0.690. The molecule has 1 aromatic rings. The van der Waals surface area contributed by atoms with Crippen molar-refractivity contribution in [1.82, 2.24) is 10.3 Å². The van der Waals surface area contributed by atoms with Gasteiger partial charge in [0, 0.05) is 44.6 Å². The minimum absolute atomic E-state index is 0.690. The summed E-state index contributed by atoms with van der Waals surface area (Å²) in [7, 11) is 5.46. The average molecular weight is 299 g/mol. The van der Waals surface area contributed by atoms with E-state index in [1.54, 1.807) is 25.6 Å². The minimum atomic E-state index is 0.690. The third kappa shape index (κ3) is 4.15. The summed E-state index contributed by atoms with van der Waals surface area (Å²) in [5, 5.41) is 4.35. The number of thiazole rings is 1. The molecule has 0 saturated heterocycles. The van der Waals surface area contributed by atoms with E-state index in [0.29, 0.717) is 19.1 Å². The van der Waals surface area contributed by atoms with Gasteiger partial charge in [-0.3, -0.25) is 0 Å². The maximum absolute atomic E-state index is 5.20. The summed E-state index contributed by atoms with van der Waals surface area (Å²) in [6.45, 7) is 4.05. The van der Waals surface area contributed by atoms with Gasteiger partial charge in [-0.05, 0) is 19.9 Å². The van der Waals surface area contributed by atoms with Crippen LogP contribution in [0.25, 0.3) is 0 Å². The number of nitrogens with zero attached hydrogens (tertiary/aromatic N) is 2. The molecule has 0 atom stereocenters. The Bertz CT molecular complexity index is 399. The second kappa shape index (κ2) is 7.93. The Balaban J connectivity index is 2.11. The Labute approximate surface area is 125 Å². The van der Waals surface area contributed by atoms with E-state index in [2.05, 4.69) is 10.2 Å². The molecule has 1 aliphatic rings. The molecule has 1 fully saturated rings. The van der Waals surface area contributed by atoms with Crippen molar-refractivity contribution in [3.05, 3.63) is 10.6 Å². The van der Waals surface area contributed by atoms with Gasteiger partial charge in [-0.1, -0.05) is 0 Å². The Kier molecular flexibility index (Phi) is 6.22. The zero-order valence-electron chi connectivity index (χ0n) is 12.6. The topological polar surface area (TPSA) is 46.6 Å². The van der Waals surface area contributed by atoms with Gasteiger partial charge in [0.1, 0.15) is 0 Å². The van der Waals surface area contributed by atoms with Crippen LogP contribution in [-0.2, 0) is 16.0 Å².